The summed E-state index contributed by atoms with van der Waals surface area (Å²) in [5, 5.41) is 1.96. The lowest BCUT2D eigenvalue weighted by atomic mass is 9.97. The van der Waals surface area contributed by atoms with Crippen LogP contribution in [0.4, 0.5) is 0 Å². The molecule has 1 aromatic heterocycles. The molecule has 1 unspecified atom stereocenters. The van der Waals surface area contributed by atoms with Crippen LogP contribution in [-0.2, 0) is 11.2 Å². The summed E-state index contributed by atoms with van der Waals surface area (Å²) >= 11 is 1.57. The number of amides is 1. The van der Waals surface area contributed by atoms with E-state index in [1.165, 1.54) is 0 Å². The first-order valence-corrected chi connectivity index (χ1v) is 8.55. The number of primary amides is 1. The van der Waals surface area contributed by atoms with E-state index in [2.05, 4.69) is 0 Å². The molecule has 0 saturated carbocycles. The molecule has 0 spiro atoms. The van der Waals surface area contributed by atoms with E-state index in [-0.39, 0.29) is 17.9 Å². The van der Waals surface area contributed by atoms with Crippen molar-refractivity contribution < 1.29 is 14.3 Å². The van der Waals surface area contributed by atoms with Crippen LogP contribution in [0.1, 0.15) is 36.6 Å². The maximum Gasteiger partial charge on any atom is 0.225 e. The van der Waals surface area contributed by atoms with Gasteiger partial charge in [-0.3, -0.25) is 4.79 Å². The van der Waals surface area contributed by atoms with E-state index in [4.69, 9.17) is 15.2 Å². The molecular formula is C18H23NO3S. The van der Waals surface area contributed by atoms with Crippen molar-refractivity contribution in [2.75, 3.05) is 7.11 Å². The Balaban J connectivity index is 2.09. The summed E-state index contributed by atoms with van der Waals surface area (Å²) in [5.41, 5.74) is 6.65. The Bertz CT molecular complexity index is 638. The van der Waals surface area contributed by atoms with Crippen molar-refractivity contribution in [3.05, 3.63) is 46.2 Å². The quantitative estimate of drug-likeness (QED) is 0.800. The van der Waals surface area contributed by atoms with Gasteiger partial charge in [-0.2, -0.15) is 0 Å². The van der Waals surface area contributed by atoms with Crippen molar-refractivity contribution in [2.45, 2.75) is 38.7 Å². The van der Waals surface area contributed by atoms with Crippen LogP contribution in [0.5, 0.6) is 11.5 Å². The predicted octanol–water partition coefficient (Wildman–Crippen LogP) is 3.75. The molecule has 2 rings (SSSR count). The summed E-state index contributed by atoms with van der Waals surface area (Å²) in [6.07, 6.45) is 1.53. The van der Waals surface area contributed by atoms with E-state index in [9.17, 15) is 4.79 Å². The Morgan fingerprint density at radius 2 is 2.04 bits per heavy atom. The molecule has 0 aliphatic heterocycles. The molecule has 0 saturated heterocycles. The van der Waals surface area contributed by atoms with Crippen LogP contribution in [0.3, 0.4) is 0 Å². The van der Waals surface area contributed by atoms with E-state index in [0.29, 0.717) is 12.2 Å². The number of ether oxygens (including phenoxy) is 2. The Morgan fingerprint density at radius 1 is 1.26 bits per heavy atom. The van der Waals surface area contributed by atoms with Crippen molar-refractivity contribution in [2.24, 2.45) is 5.73 Å². The fourth-order valence-corrected chi connectivity index (χ4v) is 3.31. The van der Waals surface area contributed by atoms with E-state index in [1.807, 2.05) is 49.6 Å². The number of hydrogen-bond donors (Lipinski definition) is 1. The third kappa shape index (κ3) is 4.73. The normalized spacial score (nSPS) is 12.2. The largest absolute Gasteiger partial charge is 0.493 e. The molecule has 0 fully saturated rings. The van der Waals surface area contributed by atoms with Crippen LogP contribution in [-0.4, -0.2) is 19.1 Å². The topological polar surface area (TPSA) is 61.5 Å². The lowest BCUT2D eigenvalue weighted by Crippen LogP contribution is -2.21. The van der Waals surface area contributed by atoms with Crippen LogP contribution in [0.25, 0.3) is 0 Å². The van der Waals surface area contributed by atoms with Crippen molar-refractivity contribution in [3.63, 3.8) is 0 Å². The molecular weight excluding hydrogens is 310 g/mol. The highest BCUT2D eigenvalue weighted by molar-refractivity contribution is 7.10. The molecule has 1 atom stereocenters. The Morgan fingerprint density at radius 3 is 2.61 bits per heavy atom. The minimum Gasteiger partial charge on any atom is -0.493 e. The minimum atomic E-state index is -0.279. The van der Waals surface area contributed by atoms with E-state index >= 15 is 0 Å². The molecule has 1 amide bonds. The van der Waals surface area contributed by atoms with Crippen LogP contribution < -0.4 is 15.2 Å². The van der Waals surface area contributed by atoms with Crippen molar-refractivity contribution in [3.8, 4) is 11.5 Å². The summed E-state index contributed by atoms with van der Waals surface area (Å²) in [7, 11) is 1.63. The highest BCUT2D eigenvalue weighted by Gasteiger charge is 2.19. The molecule has 0 bridgehead atoms. The molecule has 5 heteroatoms. The number of benzene rings is 1. The SMILES string of the molecule is COc1cc(CCC(C(N)=O)c2cccs2)ccc1OC(C)C. The first-order chi connectivity index (χ1) is 11.0. The second-order valence-electron chi connectivity index (χ2n) is 5.66. The maximum atomic E-state index is 11.7. The molecule has 0 aliphatic rings. The van der Waals surface area contributed by atoms with Crippen LogP contribution >= 0.6 is 11.3 Å². The van der Waals surface area contributed by atoms with Gasteiger partial charge in [0.2, 0.25) is 5.91 Å². The first-order valence-electron chi connectivity index (χ1n) is 7.67. The van der Waals surface area contributed by atoms with E-state index in [0.717, 1.165) is 22.6 Å². The van der Waals surface area contributed by atoms with Crippen LogP contribution in [0.2, 0.25) is 0 Å². The Hall–Kier alpha value is -2.01. The molecule has 2 aromatic rings. The molecule has 4 nitrogen and oxygen atoms in total. The van der Waals surface area contributed by atoms with Crippen molar-refractivity contribution in [1.82, 2.24) is 0 Å². The minimum absolute atomic E-state index is 0.0906. The summed E-state index contributed by atoms with van der Waals surface area (Å²) in [4.78, 5) is 12.7. The van der Waals surface area contributed by atoms with Gasteiger partial charge in [-0.25, -0.2) is 0 Å². The molecule has 23 heavy (non-hydrogen) atoms. The number of rotatable bonds is 8. The van der Waals surface area contributed by atoms with E-state index in [1.54, 1.807) is 18.4 Å². The van der Waals surface area contributed by atoms with Gasteiger partial charge in [-0.1, -0.05) is 12.1 Å². The highest BCUT2D eigenvalue weighted by Crippen LogP contribution is 2.31. The smallest absolute Gasteiger partial charge is 0.225 e. The van der Waals surface area contributed by atoms with Gasteiger partial charge in [0.1, 0.15) is 0 Å². The van der Waals surface area contributed by atoms with Gasteiger partial charge >= 0.3 is 0 Å². The number of nitrogens with two attached hydrogens (primary N) is 1. The zero-order valence-corrected chi connectivity index (χ0v) is 14.6. The van der Waals surface area contributed by atoms with Crippen LogP contribution in [0.15, 0.2) is 35.7 Å². The lowest BCUT2D eigenvalue weighted by Gasteiger charge is -2.15. The van der Waals surface area contributed by atoms with Crippen molar-refractivity contribution in [1.29, 1.82) is 0 Å². The fourth-order valence-electron chi connectivity index (χ4n) is 2.44. The summed E-state index contributed by atoms with van der Waals surface area (Å²) < 4.78 is 11.1. The molecule has 1 aromatic carbocycles. The zero-order valence-electron chi connectivity index (χ0n) is 13.7. The average molecular weight is 333 g/mol. The van der Waals surface area contributed by atoms with Gasteiger partial charge in [-0.05, 0) is 55.8 Å². The molecule has 0 radical (unpaired) electrons. The number of hydrogen-bond acceptors (Lipinski definition) is 4. The number of aryl methyl sites for hydroxylation is 1. The lowest BCUT2D eigenvalue weighted by molar-refractivity contribution is -0.119. The van der Waals surface area contributed by atoms with Gasteiger partial charge in [-0.15, -0.1) is 11.3 Å². The number of carbonyl (C=O) groups is 1. The Kier molecular flexibility index (Phi) is 6.04. The summed E-state index contributed by atoms with van der Waals surface area (Å²) in [5.74, 6) is 0.922. The van der Waals surface area contributed by atoms with Crippen molar-refractivity contribution >= 4 is 17.2 Å². The molecule has 0 aliphatic carbocycles. The molecule has 2 N–H and O–H groups in total. The molecule has 124 valence electrons. The third-order valence-corrected chi connectivity index (χ3v) is 4.53. The van der Waals surface area contributed by atoms with E-state index < -0.39 is 0 Å². The van der Waals surface area contributed by atoms with Gasteiger partial charge in [0.05, 0.1) is 19.1 Å². The standard InChI is InChI=1S/C18H23NO3S/c1-12(2)22-15-9-7-13(11-16(15)21-3)6-8-14(18(19)20)17-5-4-10-23-17/h4-5,7,9-12,14H,6,8H2,1-3H3,(H2,19,20). The summed E-state index contributed by atoms with van der Waals surface area (Å²) in [6, 6.07) is 9.78. The van der Waals surface area contributed by atoms with Gasteiger partial charge in [0.25, 0.3) is 0 Å². The zero-order chi connectivity index (χ0) is 16.8. The second-order valence-corrected chi connectivity index (χ2v) is 6.64. The van der Waals surface area contributed by atoms with Gasteiger partial charge in [0.15, 0.2) is 11.5 Å². The summed E-state index contributed by atoms with van der Waals surface area (Å²) in [6.45, 7) is 3.96. The first kappa shape index (κ1) is 17.3. The number of carbonyl (C=O) groups excluding carboxylic acids is 1. The maximum absolute atomic E-state index is 11.7. The second kappa shape index (κ2) is 8.02. The van der Waals surface area contributed by atoms with Gasteiger partial charge in [0, 0.05) is 4.88 Å². The third-order valence-electron chi connectivity index (χ3n) is 3.54. The monoisotopic (exact) mass is 333 g/mol. The Labute approximate surface area is 141 Å². The molecule has 1 heterocycles. The predicted molar refractivity (Wildman–Crippen MR) is 93.3 cm³/mol. The average Bonchev–Trinajstić information content (AvgIpc) is 3.02. The fraction of sp³-hybridized carbons (Fsp3) is 0.389. The number of methoxy groups -OCH3 is 1. The highest BCUT2D eigenvalue weighted by atomic mass is 32.1. The number of thiophene rings is 1. The van der Waals surface area contributed by atoms with Gasteiger partial charge < -0.3 is 15.2 Å². The van der Waals surface area contributed by atoms with Crippen LogP contribution in [0, 0.1) is 0 Å².